The molecular formula is C15H19ClN4. The van der Waals surface area contributed by atoms with Crippen LogP contribution in [0.15, 0.2) is 36.5 Å². The van der Waals surface area contributed by atoms with Crippen molar-refractivity contribution in [3.05, 3.63) is 47.1 Å². The zero-order chi connectivity index (χ0) is 14.4. The number of aromatic nitrogens is 2. The van der Waals surface area contributed by atoms with E-state index in [1.54, 1.807) is 6.20 Å². The molecule has 4 nitrogen and oxygen atoms in total. The van der Waals surface area contributed by atoms with Crippen LogP contribution in [0.25, 0.3) is 0 Å². The molecule has 0 aliphatic carbocycles. The van der Waals surface area contributed by atoms with Crippen LogP contribution in [-0.2, 0) is 6.54 Å². The molecule has 20 heavy (non-hydrogen) atoms. The zero-order valence-corrected chi connectivity index (χ0v) is 12.5. The molecule has 1 heterocycles. The van der Waals surface area contributed by atoms with Crippen LogP contribution in [0.2, 0.25) is 5.02 Å². The number of anilines is 2. The summed E-state index contributed by atoms with van der Waals surface area (Å²) >= 11 is 5.86. The first-order valence-corrected chi connectivity index (χ1v) is 7.06. The fourth-order valence-electron chi connectivity index (χ4n) is 1.63. The van der Waals surface area contributed by atoms with Crippen LogP contribution in [0.5, 0.6) is 0 Å². The van der Waals surface area contributed by atoms with Crippen molar-refractivity contribution in [2.24, 2.45) is 5.92 Å². The van der Waals surface area contributed by atoms with Crippen molar-refractivity contribution in [3.8, 4) is 0 Å². The molecular weight excluding hydrogens is 272 g/mol. The number of hydrogen-bond donors (Lipinski definition) is 2. The maximum absolute atomic E-state index is 5.86. The van der Waals surface area contributed by atoms with Crippen molar-refractivity contribution in [1.29, 1.82) is 0 Å². The molecule has 2 rings (SSSR count). The van der Waals surface area contributed by atoms with E-state index in [1.165, 1.54) is 0 Å². The molecule has 0 bridgehead atoms. The van der Waals surface area contributed by atoms with Crippen LogP contribution in [-0.4, -0.2) is 16.5 Å². The zero-order valence-electron chi connectivity index (χ0n) is 11.7. The third-order valence-corrected chi connectivity index (χ3v) is 2.96. The van der Waals surface area contributed by atoms with Crippen LogP contribution < -0.4 is 10.6 Å². The first-order chi connectivity index (χ1) is 9.63. The fraction of sp³-hybridized carbons (Fsp3) is 0.333. The third-order valence-electron chi connectivity index (χ3n) is 2.71. The molecule has 106 valence electrons. The highest BCUT2D eigenvalue weighted by atomic mass is 35.5. The minimum Gasteiger partial charge on any atom is -0.366 e. The van der Waals surface area contributed by atoms with Crippen molar-refractivity contribution >= 4 is 23.4 Å². The molecule has 0 spiro atoms. The number of halogens is 1. The number of nitrogens with one attached hydrogen (secondary N) is 2. The van der Waals surface area contributed by atoms with Gasteiger partial charge in [0.2, 0.25) is 5.95 Å². The van der Waals surface area contributed by atoms with E-state index in [-0.39, 0.29) is 0 Å². The lowest BCUT2D eigenvalue weighted by molar-refractivity contribution is 0.684. The normalized spacial score (nSPS) is 10.6. The first-order valence-electron chi connectivity index (χ1n) is 6.68. The molecule has 0 saturated carbocycles. The van der Waals surface area contributed by atoms with Crippen molar-refractivity contribution in [2.45, 2.75) is 20.4 Å². The second-order valence-electron chi connectivity index (χ2n) is 5.02. The molecule has 1 aromatic heterocycles. The molecule has 0 radical (unpaired) electrons. The highest BCUT2D eigenvalue weighted by molar-refractivity contribution is 6.30. The van der Waals surface area contributed by atoms with Gasteiger partial charge in [0.1, 0.15) is 5.82 Å². The van der Waals surface area contributed by atoms with Crippen molar-refractivity contribution < 1.29 is 0 Å². The van der Waals surface area contributed by atoms with Crippen LogP contribution in [0, 0.1) is 5.92 Å². The smallest absolute Gasteiger partial charge is 0.224 e. The van der Waals surface area contributed by atoms with Gasteiger partial charge in [-0.2, -0.15) is 4.98 Å². The minimum absolute atomic E-state index is 0.560. The monoisotopic (exact) mass is 290 g/mol. The Balaban J connectivity index is 1.92. The Morgan fingerprint density at radius 3 is 2.55 bits per heavy atom. The van der Waals surface area contributed by atoms with E-state index in [2.05, 4.69) is 34.4 Å². The van der Waals surface area contributed by atoms with Gasteiger partial charge in [-0.1, -0.05) is 37.6 Å². The van der Waals surface area contributed by atoms with Gasteiger partial charge in [0.05, 0.1) is 0 Å². The van der Waals surface area contributed by atoms with Crippen molar-refractivity contribution in [3.63, 3.8) is 0 Å². The van der Waals surface area contributed by atoms with Crippen LogP contribution in [0.3, 0.4) is 0 Å². The maximum Gasteiger partial charge on any atom is 0.224 e. The molecule has 1 aromatic carbocycles. The van der Waals surface area contributed by atoms with E-state index < -0.39 is 0 Å². The van der Waals surface area contributed by atoms with E-state index in [1.807, 2.05) is 30.3 Å². The summed E-state index contributed by atoms with van der Waals surface area (Å²) < 4.78 is 0. The van der Waals surface area contributed by atoms with E-state index in [9.17, 15) is 0 Å². The SMILES string of the molecule is CC(C)CNc1nccc(NCc2ccc(Cl)cc2)n1. The van der Waals surface area contributed by atoms with Crippen molar-refractivity contribution in [2.75, 3.05) is 17.2 Å². The average molecular weight is 291 g/mol. The molecule has 5 heteroatoms. The molecule has 2 N–H and O–H groups in total. The average Bonchev–Trinajstić information content (AvgIpc) is 2.45. The second-order valence-corrected chi connectivity index (χ2v) is 5.46. The van der Waals surface area contributed by atoms with Crippen LogP contribution in [0.4, 0.5) is 11.8 Å². The summed E-state index contributed by atoms with van der Waals surface area (Å²) in [6.07, 6.45) is 1.75. The second kappa shape index (κ2) is 7.10. The first kappa shape index (κ1) is 14.6. The predicted octanol–water partition coefficient (Wildman–Crippen LogP) is 3.81. The van der Waals surface area contributed by atoms with Gasteiger partial charge in [0, 0.05) is 24.3 Å². The Hall–Kier alpha value is -1.81. The molecule has 0 aliphatic heterocycles. The Labute approximate surface area is 124 Å². The lowest BCUT2D eigenvalue weighted by Gasteiger charge is -2.09. The quantitative estimate of drug-likeness (QED) is 0.849. The predicted molar refractivity (Wildman–Crippen MR) is 84.1 cm³/mol. The number of benzene rings is 1. The van der Waals surface area contributed by atoms with Gasteiger partial charge in [0.25, 0.3) is 0 Å². The van der Waals surface area contributed by atoms with Gasteiger partial charge < -0.3 is 10.6 Å². The van der Waals surface area contributed by atoms with Crippen LogP contribution >= 0.6 is 11.6 Å². The third kappa shape index (κ3) is 4.70. The Morgan fingerprint density at radius 1 is 1.10 bits per heavy atom. The van der Waals surface area contributed by atoms with E-state index in [4.69, 9.17) is 11.6 Å². The maximum atomic E-state index is 5.86. The van der Waals surface area contributed by atoms with Gasteiger partial charge >= 0.3 is 0 Å². The highest BCUT2D eigenvalue weighted by Crippen LogP contribution is 2.12. The van der Waals surface area contributed by atoms with Gasteiger partial charge in [-0.3, -0.25) is 0 Å². The molecule has 0 atom stereocenters. The lowest BCUT2D eigenvalue weighted by atomic mass is 10.2. The fourth-order valence-corrected chi connectivity index (χ4v) is 1.76. The number of nitrogens with zero attached hydrogens (tertiary/aromatic N) is 2. The lowest BCUT2D eigenvalue weighted by Crippen LogP contribution is -2.11. The number of rotatable bonds is 6. The summed E-state index contributed by atoms with van der Waals surface area (Å²) in [4.78, 5) is 8.62. The van der Waals surface area contributed by atoms with Gasteiger partial charge in [-0.05, 0) is 29.7 Å². The molecule has 0 saturated heterocycles. The van der Waals surface area contributed by atoms with Gasteiger partial charge in [-0.25, -0.2) is 4.98 Å². The van der Waals surface area contributed by atoms with Gasteiger partial charge in [0.15, 0.2) is 0 Å². The van der Waals surface area contributed by atoms with Crippen molar-refractivity contribution in [1.82, 2.24) is 9.97 Å². The summed E-state index contributed by atoms with van der Waals surface area (Å²) in [5, 5.41) is 7.23. The Morgan fingerprint density at radius 2 is 1.85 bits per heavy atom. The highest BCUT2D eigenvalue weighted by Gasteiger charge is 2.00. The molecule has 0 fully saturated rings. The van der Waals surface area contributed by atoms with Gasteiger partial charge in [-0.15, -0.1) is 0 Å². The standard InChI is InChI=1S/C15H19ClN4/c1-11(2)9-19-15-17-8-7-14(20-15)18-10-12-3-5-13(16)6-4-12/h3-8,11H,9-10H2,1-2H3,(H2,17,18,19,20). The van der Waals surface area contributed by atoms with E-state index >= 15 is 0 Å². The molecule has 0 amide bonds. The van der Waals surface area contributed by atoms with E-state index in [0.717, 1.165) is 22.9 Å². The molecule has 0 unspecified atom stereocenters. The summed E-state index contributed by atoms with van der Waals surface area (Å²) in [6.45, 7) is 5.86. The topological polar surface area (TPSA) is 49.8 Å². The largest absolute Gasteiger partial charge is 0.366 e. The van der Waals surface area contributed by atoms with Crippen LogP contribution in [0.1, 0.15) is 19.4 Å². The Bertz CT molecular complexity index is 540. The summed E-state index contributed by atoms with van der Waals surface area (Å²) in [5.74, 6) is 2.02. The van der Waals surface area contributed by atoms with E-state index in [0.29, 0.717) is 18.4 Å². The molecule has 2 aromatic rings. The number of hydrogen-bond acceptors (Lipinski definition) is 4. The Kier molecular flexibility index (Phi) is 5.18. The molecule has 0 aliphatic rings. The summed E-state index contributed by atoms with van der Waals surface area (Å²) in [6, 6.07) is 9.61. The minimum atomic E-state index is 0.560. The summed E-state index contributed by atoms with van der Waals surface area (Å²) in [7, 11) is 0. The summed E-state index contributed by atoms with van der Waals surface area (Å²) in [5.41, 5.74) is 1.16.